The maximum Gasteiger partial charge on any atom is 0.257 e. The highest BCUT2D eigenvalue weighted by Crippen LogP contribution is 2.25. The number of aromatic hydroxyl groups is 1. The normalized spacial score (nSPS) is 16.1. The lowest BCUT2D eigenvalue weighted by Gasteiger charge is -2.31. The largest absolute Gasteiger partial charge is 0.507 e. The Bertz CT molecular complexity index is 455. The molecule has 1 aromatic rings. The van der Waals surface area contributed by atoms with Crippen LogP contribution in [0.4, 0.5) is 0 Å². The number of phenols is 1. The molecule has 0 aliphatic carbocycles. The van der Waals surface area contributed by atoms with Crippen LogP contribution >= 0.6 is 0 Å². The highest BCUT2D eigenvalue weighted by molar-refractivity contribution is 5.97. The van der Waals surface area contributed by atoms with Crippen molar-refractivity contribution >= 4 is 5.91 Å². The van der Waals surface area contributed by atoms with Gasteiger partial charge in [0, 0.05) is 32.4 Å². The van der Waals surface area contributed by atoms with Crippen LogP contribution in [-0.4, -0.2) is 49.3 Å². The minimum Gasteiger partial charge on any atom is -0.507 e. The summed E-state index contributed by atoms with van der Waals surface area (Å²) in [4.78, 5) is 14.0. The summed E-state index contributed by atoms with van der Waals surface area (Å²) in [7, 11) is 3.28. The molecule has 0 atom stereocenters. The molecule has 5 nitrogen and oxygen atoms in total. The van der Waals surface area contributed by atoms with Crippen molar-refractivity contribution in [1.82, 2.24) is 4.90 Å². The van der Waals surface area contributed by atoms with E-state index < -0.39 is 0 Å². The number of carbonyl (C=O) groups is 1. The SMILES string of the molecule is COc1ccc(C(=O)N(C)C2CCOCC2)c(O)c1. The first kappa shape index (κ1) is 13.7. The molecule has 1 fully saturated rings. The van der Waals surface area contributed by atoms with Crippen molar-refractivity contribution in [2.24, 2.45) is 0 Å². The van der Waals surface area contributed by atoms with Gasteiger partial charge in [-0.3, -0.25) is 4.79 Å². The summed E-state index contributed by atoms with van der Waals surface area (Å²) in [5, 5.41) is 9.89. The topological polar surface area (TPSA) is 59.0 Å². The summed E-state index contributed by atoms with van der Waals surface area (Å²) in [5.41, 5.74) is 0.301. The van der Waals surface area contributed by atoms with Gasteiger partial charge in [-0.25, -0.2) is 0 Å². The highest BCUT2D eigenvalue weighted by Gasteiger charge is 2.25. The van der Waals surface area contributed by atoms with Crippen molar-refractivity contribution in [3.8, 4) is 11.5 Å². The molecule has 0 spiro atoms. The fraction of sp³-hybridized carbons (Fsp3) is 0.500. The minimum absolute atomic E-state index is 0.0525. The summed E-state index contributed by atoms with van der Waals surface area (Å²) in [6, 6.07) is 4.88. The zero-order chi connectivity index (χ0) is 13.8. The second-order valence-corrected chi connectivity index (χ2v) is 4.64. The van der Waals surface area contributed by atoms with Gasteiger partial charge >= 0.3 is 0 Å². The van der Waals surface area contributed by atoms with Crippen LogP contribution in [0.1, 0.15) is 23.2 Å². The van der Waals surface area contributed by atoms with Gasteiger partial charge in [-0.2, -0.15) is 0 Å². The Kier molecular flexibility index (Phi) is 4.27. The molecule has 0 radical (unpaired) electrons. The van der Waals surface area contributed by atoms with Crippen molar-refractivity contribution in [1.29, 1.82) is 0 Å². The van der Waals surface area contributed by atoms with Gasteiger partial charge in [0.2, 0.25) is 0 Å². The predicted octanol–water partition coefficient (Wildman–Crippen LogP) is 1.65. The molecule has 1 heterocycles. The number of rotatable bonds is 3. The Morgan fingerprint density at radius 2 is 2.11 bits per heavy atom. The van der Waals surface area contributed by atoms with Gasteiger partial charge < -0.3 is 19.5 Å². The Morgan fingerprint density at radius 3 is 2.68 bits per heavy atom. The van der Waals surface area contributed by atoms with Gasteiger partial charge in [-0.1, -0.05) is 0 Å². The lowest BCUT2D eigenvalue weighted by Crippen LogP contribution is -2.40. The number of benzene rings is 1. The van der Waals surface area contributed by atoms with E-state index in [1.807, 2.05) is 0 Å². The third kappa shape index (κ3) is 2.98. The summed E-state index contributed by atoms with van der Waals surface area (Å²) in [6.45, 7) is 1.35. The molecule has 0 unspecified atom stereocenters. The van der Waals surface area contributed by atoms with E-state index in [0.717, 1.165) is 12.8 Å². The molecule has 2 rings (SSSR count). The molecule has 1 saturated heterocycles. The Morgan fingerprint density at radius 1 is 1.42 bits per heavy atom. The van der Waals surface area contributed by atoms with Crippen LogP contribution in [0.2, 0.25) is 0 Å². The first-order chi connectivity index (χ1) is 9.13. The van der Waals surface area contributed by atoms with Crippen LogP contribution < -0.4 is 4.74 Å². The second-order valence-electron chi connectivity index (χ2n) is 4.64. The second kappa shape index (κ2) is 5.93. The molecule has 0 aromatic heterocycles. The number of hydrogen-bond donors (Lipinski definition) is 1. The van der Waals surface area contributed by atoms with Crippen LogP contribution in [0.3, 0.4) is 0 Å². The molecular weight excluding hydrogens is 246 g/mol. The average molecular weight is 265 g/mol. The van der Waals surface area contributed by atoms with E-state index in [1.54, 1.807) is 24.1 Å². The third-order valence-corrected chi connectivity index (χ3v) is 3.49. The number of hydrogen-bond acceptors (Lipinski definition) is 4. The van der Waals surface area contributed by atoms with E-state index in [9.17, 15) is 9.90 Å². The summed E-state index contributed by atoms with van der Waals surface area (Å²) in [6.07, 6.45) is 1.66. The van der Waals surface area contributed by atoms with Crippen LogP contribution in [0.25, 0.3) is 0 Å². The maximum absolute atomic E-state index is 12.3. The molecule has 19 heavy (non-hydrogen) atoms. The van der Waals surface area contributed by atoms with Crippen molar-refractivity contribution in [3.05, 3.63) is 23.8 Å². The monoisotopic (exact) mass is 265 g/mol. The Balaban J connectivity index is 2.14. The van der Waals surface area contributed by atoms with Crippen LogP contribution in [-0.2, 0) is 4.74 Å². The molecule has 1 aliphatic rings. The number of carbonyl (C=O) groups excluding carboxylic acids is 1. The minimum atomic E-state index is -0.174. The Labute approximate surface area is 112 Å². The number of nitrogens with zero attached hydrogens (tertiary/aromatic N) is 1. The standard InChI is InChI=1S/C14H19NO4/c1-15(10-5-7-19-8-6-10)14(17)12-4-3-11(18-2)9-13(12)16/h3-4,9-10,16H,5-8H2,1-2H3. The smallest absolute Gasteiger partial charge is 0.257 e. The average Bonchev–Trinajstić information content (AvgIpc) is 2.46. The molecule has 5 heteroatoms. The van der Waals surface area contributed by atoms with Gasteiger partial charge in [-0.05, 0) is 25.0 Å². The Hall–Kier alpha value is -1.75. The zero-order valence-electron chi connectivity index (χ0n) is 11.3. The van der Waals surface area contributed by atoms with Gasteiger partial charge in [0.25, 0.3) is 5.91 Å². The number of phenolic OH excluding ortho intramolecular Hbond substituents is 1. The molecule has 1 aromatic carbocycles. The van der Waals surface area contributed by atoms with E-state index in [4.69, 9.17) is 9.47 Å². The molecule has 1 aliphatic heterocycles. The quantitative estimate of drug-likeness (QED) is 0.902. The summed E-state index contributed by atoms with van der Waals surface area (Å²) < 4.78 is 10.3. The van der Waals surface area contributed by atoms with E-state index in [-0.39, 0.29) is 17.7 Å². The first-order valence-electron chi connectivity index (χ1n) is 6.35. The van der Waals surface area contributed by atoms with Gasteiger partial charge in [0.1, 0.15) is 11.5 Å². The van der Waals surface area contributed by atoms with E-state index in [1.165, 1.54) is 13.2 Å². The lowest BCUT2D eigenvalue weighted by molar-refractivity contribution is 0.0360. The highest BCUT2D eigenvalue weighted by atomic mass is 16.5. The van der Waals surface area contributed by atoms with Crippen LogP contribution in [0.5, 0.6) is 11.5 Å². The predicted molar refractivity (Wildman–Crippen MR) is 70.6 cm³/mol. The van der Waals surface area contributed by atoms with Crippen molar-refractivity contribution < 1.29 is 19.4 Å². The van der Waals surface area contributed by atoms with Gasteiger partial charge in [-0.15, -0.1) is 0 Å². The van der Waals surface area contributed by atoms with Gasteiger partial charge in [0.15, 0.2) is 0 Å². The first-order valence-corrected chi connectivity index (χ1v) is 6.35. The number of methoxy groups -OCH3 is 1. The maximum atomic E-state index is 12.3. The molecule has 1 amide bonds. The van der Waals surface area contributed by atoms with E-state index in [2.05, 4.69) is 0 Å². The number of ether oxygens (including phenoxy) is 2. The zero-order valence-corrected chi connectivity index (χ0v) is 11.3. The van der Waals surface area contributed by atoms with Crippen LogP contribution in [0.15, 0.2) is 18.2 Å². The summed E-state index contributed by atoms with van der Waals surface area (Å²) >= 11 is 0. The molecule has 0 saturated carbocycles. The van der Waals surface area contributed by atoms with Crippen molar-refractivity contribution in [3.63, 3.8) is 0 Å². The molecule has 104 valence electrons. The summed E-state index contributed by atoms with van der Waals surface area (Å²) in [5.74, 6) is 0.304. The fourth-order valence-electron chi connectivity index (χ4n) is 2.25. The number of amides is 1. The lowest BCUT2D eigenvalue weighted by atomic mass is 10.1. The fourth-order valence-corrected chi connectivity index (χ4v) is 2.25. The molecular formula is C14H19NO4. The van der Waals surface area contributed by atoms with Gasteiger partial charge in [0.05, 0.1) is 12.7 Å². The van der Waals surface area contributed by atoms with Crippen molar-refractivity contribution in [2.75, 3.05) is 27.4 Å². The molecule has 1 N–H and O–H groups in total. The van der Waals surface area contributed by atoms with Crippen LogP contribution in [0, 0.1) is 0 Å². The van der Waals surface area contributed by atoms with E-state index in [0.29, 0.717) is 24.5 Å². The van der Waals surface area contributed by atoms with E-state index >= 15 is 0 Å². The molecule has 0 bridgehead atoms. The van der Waals surface area contributed by atoms with Crippen molar-refractivity contribution in [2.45, 2.75) is 18.9 Å². The third-order valence-electron chi connectivity index (χ3n) is 3.49.